The molecule has 1 aliphatic rings. The van der Waals surface area contributed by atoms with Crippen molar-refractivity contribution in [2.24, 2.45) is 0 Å². The summed E-state index contributed by atoms with van der Waals surface area (Å²) in [5, 5.41) is 4.17. The lowest BCUT2D eigenvalue weighted by molar-refractivity contribution is 0.312. The number of piperazine rings is 1. The van der Waals surface area contributed by atoms with Crippen LogP contribution in [0.15, 0.2) is 65.8 Å². The van der Waals surface area contributed by atoms with Gasteiger partial charge in [0.1, 0.15) is 23.1 Å². The van der Waals surface area contributed by atoms with Crippen LogP contribution < -0.4 is 15.0 Å². The number of anilines is 3. The summed E-state index contributed by atoms with van der Waals surface area (Å²) in [6, 6.07) is 19.7. The molecule has 0 radical (unpaired) electrons. The topological polar surface area (TPSA) is 53.5 Å². The van der Waals surface area contributed by atoms with Crippen LogP contribution in [0.5, 0.6) is 11.5 Å². The van der Waals surface area contributed by atoms with Gasteiger partial charge in [-0.1, -0.05) is 30.0 Å². The molecule has 0 aliphatic carbocycles. The van der Waals surface area contributed by atoms with Gasteiger partial charge in [-0.2, -0.15) is 0 Å². The Bertz CT molecular complexity index is 928. The summed E-state index contributed by atoms with van der Waals surface area (Å²) in [7, 11) is 2.16. The van der Waals surface area contributed by atoms with E-state index in [4.69, 9.17) is 9.72 Å². The van der Waals surface area contributed by atoms with Gasteiger partial charge in [0, 0.05) is 37.9 Å². The van der Waals surface area contributed by atoms with Gasteiger partial charge in [0.2, 0.25) is 0 Å². The van der Waals surface area contributed by atoms with Crippen molar-refractivity contribution in [3.63, 3.8) is 0 Å². The van der Waals surface area contributed by atoms with E-state index in [-0.39, 0.29) is 0 Å². The van der Waals surface area contributed by atoms with E-state index in [9.17, 15) is 0 Å². The Morgan fingerprint density at radius 2 is 1.59 bits per heavy atom. The molecule has 1 N–H and O–H groups in total. The highest BCUT2D eigenvalue weighted by atomic mass is 32.2. The van der Waals surface area contributed by atoms with Crippen LogP contribution in [0.3, 0.4) is 0 Å². The van der Waals surface area contributed by atoms with Crippen molar-refractivity contribution < 1.29 is 4.74 Å². The summed E-state index contributed by atoms with van der Waals surface area (Å²) >= 11 is 1.56. The van der Waals surface area contributed by atoms with Crippen molar-refractivity contribution in [3.05, 3.63) is 60.7 Å². The lowest BCUT2D eigenvalue weighted by Crippen LogP contribution is -2.44. The number of ether oxygens (including phenoxy) is 1. The Labute approximate surface area is 175 Å². The summed E-state index contributed by atoms with van der Waals surface area (Å²) in [4.78, 5) is 14.0. The minimum atomic E-state index is 0.771. The number of aromatic nitrogens is 2. The summed E-state index contributed by atoms with van der Waals surface area (Å²) in [5.74, 6) is 3.40. The Morgan fingerprint density at radius 1 is 0.897 bits per heavy atom. The van der Waals surface area contributed by atoms with Gasteiger partial charge in [-0.05, 0) is 49.7 Å². The first kappa shape index (κ1) is 19.5. The van der Waals surface area contributed by atoms with E-state index in [1.54, 1.807) is 11.8 Å². The molecule has 0 atom stereocenters. The van der Waals surface area contributed by atoms with Gasteiger partial charge in [-0.25, -0.2) is 9.97 Å². The zero-order valence-corrected chi connectivity index (χ0v) is 17.5. The molecule has 0 amide bonds. The molecule has 2 aromatic carbocycles. The standard InChI is InChI=1S/C22H25N5OS/c1-26-12-14-27(15-13-26)21-16-20(24-22(25-21)29-2)23-17-8-10-19(11-9-17)28-18-6-4-3-5-7-18/h3-11,16H,12-15H2,1-2H3,(H,23,24,25). The van der Waals surface area contributed by atoms with E-state index in [1.807, 2.05) is 66.9 Å². The van der Waals surface area contributed by atoms with Gasteiger partial charge in [0.05, 0.1) is 0 Å². The molecule has 1 fully saturated rings. The van der Waals surface area contributed by atoms with Gasteiger partial charge < -0.3 is 19.9 Å². The summed E-state index contributed by atoms with van der Waals surface area (Å²) < 4.78 is 5.86. The number of benzene rings is 2. The second kappa shape index (κ2) is 9.15. The van der Waals surface area contributed by atoms with E-state index in [0.717, 1.165) is 60.2 Å². The van der Waals surface area contributed by atoms with Crippen molar-refractivity contribution >= 4 is 29.1 Å². The number of nitrogens with one attached hydrogen (secondary N) is 1. The molecule has 0 unspecified atom stereocenters. The van der Waals surface area contributed by atoms with Crippen LogP contribution in [0.1, 0.15) is 0 Å². The highest BCUT2D eigenvalue weighted by molar-refractivity contribution is 7.98. The number of hydrogen-bond donors (Lipinski definition) is 1. The average Bonchev–Trinajstić information content (AvgIpc) is 2.76. The molecular formula is C22H25N5OS. The van der Waals surface area contributed by atoms with E-state index in [2.05, 4.69) is 27.1 Å². The number of likely N-dealkylation sites (N-methyl/N-ethyl adjacent to an activating group) is 1. The Morgan fingerprint density at radius 3 is 2.28 bits per heavy atom. The van der Waals surface area contributed by atoms with Gasteiger partial charge in [0.15, 0.2) is 5.16 Å². The molecule has 150 valence electrons. The molecule has 0 saturated carbocycles. The van der Waals surface area contributed by atoms with Gasteiger partial charge in [0.25, 0.3) is 0 Å². The molecule has 0 bridgehead atoms. The molecule has 6 nitrogen and oxygen atoms in total. The molecular weight excluding hydrogens is 382 g/mol. The van der Waals surface area contributed by atoms with Crippen LogP contribution in [0.25, 0.3) is 0 Å². The van der Waals surface area contributed by atoms with Crippen LogP contribution >= 0.6 is 11.8 Å². The van der Waals surface area contributed by atoms with Crippen molar-refractivity contribution in [1.29, 1.82) is 0 Å². The first-order chi connectivity index (χ1) is 14.2. The summed E-state index contributed by atoms with van der Waals surface area (Å²) in [6.07, 6.45) is 2.00. The maximum atomic E-state index is 5.86. The van der Waals surface area contributed by atoms with E-state index < -0.39 is 0 Å². The minimum Gasteiger partial charge on any atom is -0.457 e. The van der Waals surface area contributed by atoms with Crippen LogP contribution in [-0.4, -0.2) is 54.4 Å². The monoisotopic (exact) mass is 407 g/mol. The Kier molecular flexibility index (Phi) is 6.17. The summed E-state index contributed by atoms with van der Waals surface area (Å²) in [5.41, 5.74) is 0.959. The second-order valence-corrected chi connectivity index (χ2v) is 7.73. The predicted octanol–water partition coefficient (Wildman–Crippen LogP) is 4.49. The molecule has 7 heteroatoms. The molecule has 29 heavy (non-hydrogen) atoms. The van der Waals surface area contributed by atoms with Crippen LogP contribution in [0.2, 0.25) is 0 Å². The van der Waals surface area contributed by atoms with E-state index >= 15 is 0 Å². The van der Waals surface area contributed by atoms with Gasteiger partial charge in [-0.3, -0.25) is 0 Å². The Hall–Kier alpha value is -2.77. The zero-order valence-electron chi connectivity index (χ0n) is 16.7. The zero-order chi connectivity index (χ0) is 20.1. The fraction of sp³-hybridized carbons (Fsp3) is 0.273. The number of rotatable bonds is 6. The largest absolute Gasteiger partial charge is 0.457 e. The normalized spacial score (nSPS) is 14.6. The molecule has 2 heterocycles. The third-order valence-corrected chi connectivity index (χ3v) is 5.36. The van der Waals surface area contributed by atoms with Crippen molar-refractivity contribution in [2.75, 3.05) is 49.7 Å². The molecule has 1 aromatic heterocycles. The number of para-hydroxylation sites is 1. The highest BCUT2D eigenvalue weighted by Gasteiger charge is 2.17. The van der Waals surface area contributed by atoms with Gasteiger partial charge in [-0.15, -0.1) is 0 Å². The average molecular weight is 408 g/mol. The third-order valence-electron chi connectivity index (χ3n) is 4.81. The van der Waals surface area contributed by atoms with E-state index in [0.29, 0.717) is 0 Å². The van der Waals surface area contributed by atoms with Crippen LogP contribution in [0.4, 0.5) is 17.3 Å². The first-order valence-corrected chi connectivity index (χ1v) is 10.9. The molecule has 1 aliphatic heterocycles. The molecule has 1 saturated heterocycles. The summed E-state index contributed by atoms with van der Waals surface area (Å²) in [6.45, 7) is 4.05. The predicted molar refractivity (Wildman–Crippen MR) is 120 cm³/mol. The van der Waals surface area contributed by atoms with E-state index in [1.165, 1.54) is 0 Å². The minimum absolute atomic E-state index is 0.771. The second-order valence-electron chi connectivity index (χ2n) is 6.95. The third kappa shape index (κ3) is 5.19. The van der Waals surface area contributed by atoms with Crippen molar-refractivity contribution in [1.82, 2.24) is 14.9 Å². The first-order valence-electron chi connectivity index (χ1n) is 9.66. The number of hydrogen-bond acceptors (Lipinski definition) is 7. The smallest absolute Gasteiger partial charge is 0.191 e. The maximum Gasteiger partial charge on any atom is 0.191 e. The van der Waals surface area contributed by atoms with Crippen molar-refractivity contribution in [3.8, 4) is 11.5 Å². The quantitative estimate of drug-likeness (QED) is 0.477. The fourth-order valence-corrected chi connectivity index (χ4v) is 3.52. The molecule has 4 rings (SSSR count). The maximum absolute atomic E-state index is 5.86. The number of nitrogens with zero attached hydrogens (tertiary/aromatic N) is 4. The molecule has 3 aromatic rings. The van der Waals surface area contributed by atoms with Gasteiger partial charge >= 0.3 is 0 Å². The van der Waals surface area contributed by atoms with Crippen LogP contribution in [-0.2, 0) is 0 Å². The fourth-order valence-electron chi connectivity index (χ4n) is 3.14. The Balaban J connectivity index is 1.47. The highest BCUT2D eigenvalue weighted by Crippen LogP contribution is 2.26. The molecule has 0 spiro atoms. The SMILES string of the molecule is CSc1nc(Nc2ccc(Oc3ccccc3)cc2)cc(N2CCN(C)CC2)n1. The van der Waals surface area contributed by atoms with Crippen molar-refractivity contribution in [2.45, 2.75) is 5.16 Å². The number of thioether (sulfide) groups is 1. The van der Waals surface area contributed by atoms with Crippen LogP contribution in [0, 0.1) is 0 Å². The lowest BCUT2D eigenvalue weighted by Gasteiger charge is -2.33. The lowest BCUT2D eigenvalue weighted by atomic mass is 10.3.